The van der Waals surface area contributed by atoms with Crippen molar-refractivity contribution in [2.24, 2.45) is 11.7 Å². The highest BCUT2D eigenvalue weighted by atomic mass is 35.5. The number of rotatable bonds is 7. The summed E-state index contributed by atoms with van der Waals surface area (Å²) >= 11 is 7.52. The van der Waals surface area contributed by atoms with Gasteiger partial charge in [0.2, 0.25) is 5.89 Å². The van der Waals surface area contributed by atoms with Gasteiger partial charge in [0.15, 0.2) is 5.82 Å². The molecule has 0 aliphatic carbocycles. The first-order valence-corrected chi connectivity index (χ1v) is 8.35. The Morgan fingerprint density at radius 2 is 2.00 bits per heavy atom. The van der Waals surface area contributed by atoms with E-state index in [1.165, 1.54) is 0 Å². The number of halogens is 1. The molecule has 6 heteroatoms. The molecule has 0 saturated carbocycles. The number of aromatic nitrogens is 2. The molecular weight excluding hydrogens is 306 g/mol. The second-order valence-electron chi connectivity index (χ2n) is 5.35. The van der Waals surface area contributed by atoms with Gasteiger partial charge in [0, 0.05) is 16.5 Å². The molecule has 1 aromatic carbocycles. The average molecular weight is 326 g/mol. The van der Waals surface area contributed by atoms with Crippen LogP contribution in [0.3, 0.4) is 0 Å². The van der Waals surface area contributed by atoms with E-state index in [4.69, 9.17) is 21.9 Å². The van der Waals surface area contributed by atoms with Crippen LogP contribution < -0.4 is 5.73 Å². The molecule has 2 aromatic rings. The molecular formula is C15H20ClN3OS. The maximum atomic E-state index is 5.86. The van der Waals surface area contributed by atoms with Crippen molar-refractivity contribution < 1.29 is 4.52 Å². The average Bonchev–Trinajstić information content (AvgIpc) is 2.92. The molecule has 0 bridgehead atoms. The zero-order valence-electron chi connectivity index (χ0n) is 12.3. The molecule has 21 heavy (non-hydrogen) atoms. The fourth-order valence-corrected chi connectivity index (χ4v) is 2.91. The molecule has 0 amide bonds. The maximum absolute atomic E-state index is 5.86. The Kier molecular flexibility index (Phi) is 6.08. The summed E-state index contributed by atoms with van der Waals surface area (Å²) in [5.74, 6) is 2.72. The zero-order valence-corrected chi connectivity index (χ0v) is 13.8. The van der Waals surface area contributed by atoms with Gasteiger partial charge in [-0.15, -0.1) is 11.8 Å². The van der Waals surface area contributed by atoms with Crippen LogP contribution in [0, 0.1) is 5.92 Å². The van der Waals surface area contributed by atoms with Gasteiger partial charge in [0.1, 0.15) is 0 Å². The SMILES string of the molecule is CC(C)CC(CN)c1nc(CSc2ccc(Cl)cc2)no1. The van der Waals surface area contributed by atoms with Gasteiger partial charge in [-0.2, -0.15) is 4.98 Å². The fourth-order valence-electron chi connectivity index (χ4n) is 2.04. The van der Waals surface area contributed by atoms with E-state index in [2.05, 4.69) is 24.0 Å². The van der Waals surface area contributed by atoms with E-state index in [0.717, 1.165) is 16.3 Å². The number of hydrogen-bond donors (Lipinski definition) is 1. The fraction of sp³-hybridized carbons (Fsp3) is 0.467. The third kappa shape index (κ3) is 5.02. The Morgan fingerprint density at radius 3 is 2.62 bits per heavy atom. The summed E-state index contributed by atoms with van der Waals surface area (Å²) in [5, 5.41) is 4.77. The molecule has 1 unspecified atom stereocenters. The Balaban J connectivity index is 1.94. The standard InChI is InChI=1S/C15H20ClN3OS/c1-10(2)7-11(8-17)15-18-14(19-20-15)9-21-13-5-3-12(16)4-6-13/h3-6,10-11H,7-9,17H2,1-2H3. The minimum absolute atomic E-state index is 0.145. The minimum atomic E-state index is 0.145. The largest absolute Gasteiger partial charge is 0.339 e. The molecule has 0 aliphatic heterocycles. The van der Waals surface area contributed by atoms with Crippen LogP contribution in [0.5, 0.6) is 0 Å². The van der Waals surface area contributed by atoms with Crippen LogP contribution in [-0.2, 0) is 5.75 Å². The van der Waals surface area contributed by atoms with Gasteiger partial charge < -0.3 is 10.3 Å². The third-order valence-electron chi connectivity index (χ3n) is 3.06. The quantitative estimate of drug-likeness (QED) is 0.776. The highest BCUT2D eigenvalue weighted by Gasteiger charge is 2.18. The van der Waals surface area contributed by atoms with Crippen molar-refractivity contribution in [3.8, 4) is 0 Å². The molecule has 0 radical (unpaired) electrons. The van der Waals surface area contributed by atoms with Crippen molar-refractivity contribution >= 4 is 23.4 Å². The Bertz CT molecular complexity index is 556. The van der Waals surface area contributed by atoms with Gasteiger partial charge in [0.25, 0.3) is 0 Å². The lowest BCUT2D eigenvalue weighted by Crippen LogP contribution is -2.15. The highest BCUT2D eigenvalue weighted by Crippen LogP contribution is 2.25. The Morgan fingerprint density at radius 1 is 1.29 bits per heavy atom. The second-order valence-corrected chi connectivity index (χ2v) is 6.84. The molecule has 2 N–H and O–H groups in total. The van der Waals surface area contributed by atoms with E-state index in [-0.39, 0.29) is 5.92 Å². The van der Waals surface area contributed by atoms with Crippen LogP contribution >= 0.6 is 23.4 Å². The normalized spacial score (nSPS) is 12.8. The lowest BCUT2D eigenvalue weighted by molar-refractivity contribution is 0.332. The summed E-state index contributed by atoms with van der Waals surface area (Å²) < 4.78 is 5.35. The molecule has 1 atom stereocenters. The topological polar surface area (TPSA) is 64.9 Å². The number of nitrogens with zero attached hydrogens (tertiary/aromatic N) is 2. The number of hydrogen-bond acceptors (Lipinski definition) is 5. The van der Waals surface area contributed by atoms with Crippen LogP contribution in [0.25, 0.3) is 0 Å². The first-order valence-electron chi connectivity index (χ1n) is 6.99. The van der Waals surface area contributed by atoms with Gasteiger partial charge >= 0.3 is 0 Å². The van der Waals surface area contributed by atoms with Gasteiger partial charge in [0.05, 0.1) is 11.7 Å². The van der Waals surface area contributed by atoms with Crippen LogP contribution in [0.4, 0.5) is 0 Å². The van der Waals surface area contributed by atoms with Crippen LogP contribution in [-0.4, -0.2) is 16.7 Å². The summed E-state index contributed by atoms with van der Waals surface area (Å²) in [6.45, 7) is 4.86. The van der Waals surface area contributed by atoms with E-state index < -0.39 is 0 Å². The molecule has 0 fully saturated rings. The summed E-state index contributed by atoms with van der Waals surface area (Å²) in [5.41, 5.74) is 5.80. The molecule has 2 rings (SSSR count). The monoisotopic (exact) mass is 325 g/mol. The molecule has 1 aromatic heterocycles. The first-order chi connectivity index (χ1) is 10.1. The van der Waals surface area contributed by atoms with Gasteiger partial charge in [-0.1, -0.05) is 30.6 Å². The number of thioether (sulfide) groups is 1. The Hall–Kier alpha value is -1.04. The van der Waals surface area contributed by atoms with Crippen molar-refractivity contribution in [3.05, 3.63) is 41.0 Å². The predicted molar refractivity (Wildman–Crippen MR) is 86.6 cm³/mol. The van der Waals surface area contributed by atoms with E-state index in [1.807, 2.05) is 24.3 Å². The summed E-state index contributed by atoms with van der Waals surface area (Å²) in [4.78, 5) is 5.59. The predicted octanol–water partition coefficient (Wildman–Crippen LogP) is 4.10. The number of benzene rings is 1. The van der Waals surface area contributed by atoms with E-state index in [0.29, 0.717) is 29.9 Å². The lowest BCUT2D eigenvalue weighted by atomic mass is 9.97. The van der Waals surface area contributed by atoms with E-state index >= 15 is 0 Å². The summed E-state index contributed by atoms with van der Waals surface area (Å²) in [6.07, 6.45) is 0.961. The molecule has 1 heterocycles. The smallest absolute Gasteiger partial charge is 0.231 e. The van der Waals surface area contributed by atoms with Gasteiger partial charge in [-0.3, -0.25) is 0 Å². The summed E-state index contributed by atoms with van der Waals surface area (Å²) in [6, 6.07) is 7.71. The van der Waals surface area contributed by atoms with Crippen molar-refractivity contribution in [2.45, 2.75) is 36.8 Å². The van der Waals surface area contributed by atoms with Crippen molar-refractivity contribution in [3.63, 3.8) is 0 Å². The van der Waals surface area contributed by atoms with Crippen LogP contribution in [0.1, 0.15) is 37.9 Å². The molecule has 114 valence electrons. The minimum Gasteiger partial charge on any atom is -0.339 e. The highest BCUT2D eigenvalue weighted by molar-refractivity contribution is 7.98. The van der Waals surface area contributed by atoms with E-state index in [9.17, 15) is 0 Å². The lowest BCUT2D eigenvalue weighted by Gasteiger charge is -2.11. The van der Waals surface area contributed by atoms with Crippen molar-refractivity contribution in [1.29, 1.82) is 0 Å². The Labute approximate surface area is 134 Å². The first kappa shape index (κ1) is 16.3. The van der Waals surface area contributed by atoms with Crippen molar-refractivity contribution in [1.82, 2.24) is 10.1 Å². The maximum Gasteiger partial charge on any atom is 0.231 e. The van der Waals surface area contributed by atoms with Crippen LogP contribution in [0.2, 0.25) is 5.02 Å². The number of nitrogens with two attached hydrogens (primary N) is 1. The van der Waals surface area contributed by atoms with Crippen molar-refractivity contribution in [2.75, 3.05) is 6.54 Å². The molecule has 4 nitrogen and oxygen atoms in total. The molecule has 0 saturated heterocycles. The third-order valence-corrected chi connectivity index (χ3v) is 4.32. The van der Waals surface area contributed by atoms with Gasteiger partial charge in [-0.25, -0.2) is 0 Å². The zero-order chi connectivity index (χ0) is 15.2. The van der Waals surface area contributed by atoms with Gasteiger partial charge in [-0.05, 0) is 36.6 Å². The second kappa shape index (κ2) is 7.82. The van der Waals surface area contributed by atoms with Crippen LogP contribution in [0.15, 0.2) is 33.7 Å². The summed E-state index contributed by atoms with van der Waals surface area (Å²) in [7, 11) is 0. The molecule has 0 spiro atoms. The van der Waals surface area contributed by atoms with E-state index in [1.54, 1.807) is 11.8 Å². The molecule has 0 aliphatic rings.